The molecule has 1 aromatic heterocycles. The molecule has 2 N–H and O–H groups in total. The zero-order valence-electron chi connectivity index (χ0n) is 14.0. The Morgan fingerprint density at radius 1 is 1.12 bits per heavy atom. The summed E-state index contributed by atoms with van der Waals surface area (Å²) in [6.07, 6.45) is 1.82. The van der Waals surface area contributed by atoms with Crippen molar-refractivity contribution in [2.75, 3.05) is 25.1 Å². The van der Waals surface area contributed by atoms with Crippen LogP contribution in [0.2, 0.25) is 0 Å². The summed E-state index contributed by atoms with van der Waals surface area (Å²) in [5, 5.41) is 7.05. The summed E-state index contributed by atoms with van der Waals surface area (Å²) in [5.41, 5.74) is 1.16. The monoisotopic (exact) mass is 329 g/mol. The van der Waals surface area contributed by atoms with Crippen LogP contribution in [0.1, 0.15) is 31.4 Å². The highest BCUT2D eigenvalue weighted by atomic mass is 19.1. The lowest BCUT2D eigenvalue weighted by Gasteiger charge is -2.40. The molecule has 1 atom stereocenters. The number of aromatic nitrogens is 1. The standard InChI is InChI=1S/C19H24FN3O/c1-15(16-6-3-2-4-7-16)23-19(10-12-24-13-11-19)14-21-18-9-5-8-17(20)22-18/h2-9,15,23H,10-14H2,1H3,(H,21,22). The molecule has 2 aromatic rings. The Labute approximate surface area is 142 Å². The highest BCUT2D eigenvalue weighted by molar-refractivity contribution is 5.34. The molecule has 4 nitrogen and oxygen atoms in total. The zero-order chi connectivity index (χ0) is 16.8. The molecule has 128 valence electrons. The largest absolute Gasteiger partial charge is 0.381 e. The van der Waals surface area contributed by atoms with Crippen LogP contribution in [0.4, 0.5) is 10.2 Å². The van der Waals surface area contributed by atoms with E-state index in [2.05, 4.69) is 46.8 Å². The van der Waals surface area contributed by atoms with Crippen molar-refractivity contribution in [3.63, 3.8) is 0 Å². The Hall–Kier alpha value is -1.98. The van der Waals surface area contributed by atoms with Gasteiger partial charge in [-0.25, -0.2) is 4.98 Å². The number of nitrogens with zero attached hydrogens (tertiary/aromatic N) is 1. The maximum atomic E-state index is 13.3. The van der Waals surface area contributed by atoms with Crippen LogP contribution in [0.5, 0.6) is 0 Å². The van der Waals surface area contributed by atoms with Crippen molar-refractivity contribution < 1.29 is 9.13 Å². The first-order valence-corrected chi connectivity index (χ1v) is 8.44. The molecule has 0 radical (unpaired) electrons. The first kappa shape index (κ1) is 16.9. The SMILES string of the molecule is CC(NC1(CNc2cccc(F)n2)CCOCC1)c1ccccc1. The zero-order valence-corrected chi connectivity index (χ0v) is 14.0. The van der Waals surface area contributed by atoms with Crippen LogP contribution in [0, 0.1) is 5.95 Å². The van der Waals surface area contributed by atoms with Gasteiger partial charge in [-0.2, -0.15) is 4.39 Å². The van der Waals surface area contributed by atoms with Crippen LogP contribution < -0.4 is 10.6 Å². The lowest BCUT2D eigenvalue weighted by molar-refractivity contribution is 0.0389. The quantitative estimate of drug-likeness (QED) is 0.796. The van der Waals surface area contributed by atoms with E-state index in [0.29, 0.717) is 12.4 Å². The van der Waals surface area contributed by atoms with Crippen LogP contribution in [-0.2, 0) is 4.74 Å². The molecule has 3 rings (SSSR count). The minimum Gasteiger partial charge on any atom is -0.381 e. The van der Waals surface area contributed by atoms with Crippen molar-refractivity contribution in [3.05, 3.63) is 60.0 Å². The lowest BCUT2D eigenvalue weighted by atomic mass is 9.88. The number of benzene rings is 1. The van der Waals surface area contributed by atoms with E-state index in [1.165, 1.54) is 11.6 Å². The average molecular weight is 329 g/mol. The van der Waals surface area contributed by atoms with E-state index < -0.39 is 5.95 Å². The summed E-state index contributed by atoms with van der Waals surface area (Å²) in [5.74, 6) is 0.0988. The molecule has 1 aliphatic rings. The van der Waals surface area contributed by atoms with Gasteiger partial charge in [0.1, 0.15) is 5.82 Å². The molecule has 24 heavy (non-hydrogen) atoms. The van der Waals surface area contributed by atoms with Gasteiger partial charge in [0.25, 0.3) is 0 Å². The van der Waals surface area contributed by atoms with E-state index in [-0.39, 0.29) is 11.6 Å². The first-order chi connectivity index (χ1) is 11.7. The summed E-state index contributed by atoms with van der Waals surface area (Å²) < 4.78 is 18.8. The van der Waals surface area contributed by atoms with Gasteiger partial charge in [0.15, 0.2) is 0 Å². The number of nitrogens with one attached hydrogen (secondary N) is 2. The van der Waals surface area contributed by atoms with E-state index in [9.17, 15) is 4.39 Å². The molecule has 0 bridgehead atoms. The van der Waals surface area contributed by atoms with Crippen molar-refractivity contribution in [3.8, 4) is 0 Å². The predicted octanol–water partition coefficient (Wildman–Crippen LogP) is 3.53. The Balaban J connectivity index is 1.70. The number of ether oxygens (including phenoxy) is 1. The summed E-state index contributed by atoms with van der Waals surface area (Å²) in [7, 11) is 0. The van der Waals surface area contributed by atoms with Crippen LogP contribution in [0.3, 0.4) is 0 Å². The van der Waals surface area contributed by atoms with Gasteiger partial charge in [-0.3, -0.25) is 0 Å². The van der Waals surface area contributed by atoms with E-state index in [4.69, 9.17) is 4.74 Å². The third-order valence-electron chi connectivity index (χ3n) is 4.60. The fourth-order valence-electron chi connectivity index (χ4n) is 3.19. The smallest absolute Gasteiger partial charge is 0.214 e. The molecule has 1 saturated heterocycles. The molecule has 5 heteroatoms. The Morgan fingerprint density at radius 2 is 1.88 bits per heavy atom. The van der Waals surface area contributed by atoms with Crippen LogP contribution in [0.25, 0.3) is 0 Å². The Kier molecular flexibility index (Phi) is 5.43. The van der Waals surface area contributed by atoms with Gasteiger partial charge in [0.05, 0.1) is 0 Å². The van der Waals surface area contributed by atoms with E-state index >= 15 is 0 Å². The lowest BCUT2D eigenvalue weighted by Crippen LogP contribution is -2.54. The maximum Gasteiger partial charge on any atom is 0.214 e. The molecule has 1 unspecified atom stereocenters. The molecule has 0 amide bonds. The third-order valence-corrected chi connectivity index (χ3v) is 4.60. The van der Waals surface area contributed by atoms with Crippen LogP contribution in [0.15, 0.2) is 48.5 Å². The van der Waals surface area contributed by atoms with Gasteiger partial charge in [-0.1, -0.05) is 36.4 Å². The second kappa shape index (κ2) is 7.73. The van der Waals surface area contributed by atoms with Gasteiger partial charge in [-0.15, -0.1) is 0 Å². The minimum absolute atomic E-state index is 0.0957. The summed E-state index contributed by atoms with van der Waals surface area (Å²) in [6, 6.07) is 15.4. The highest BCUT2D eigenvalue weighted by Crippen LogP contribution is 2.26. The van der Waals surface area contributed by atoms with Gasteiger partial charge in [0.2, 0.25) is 5.95 Å². The number of anilines is 1. The second-order valence-corrected chi connectivity index (χ2v) is 6.37. The molecule has 1 fully saturated rings. The molecule has 1 aliphatic heterocycles. The molecule has 1 aromatic carbocycles. The van der Waals surface area contributed by atoms with Gasteiger partial charge >= 0.3 is 0 Å². The van der Waals surface area contributed by atoms with Crippen molar-refractivity contribution in [1.29, 1.82) is 0 Å². The highest BCUT2D eigenvalue weighted by Gasteiger charge is 2.33. The van der Waals surface area contributed by atoms with Crippen LogP contribution in [-0.4, -0.2) is 30.3 Å². The minimum atomic E-state index is -0.466. The van der Waals surface area contributed by atoms with E-state index in [0.717, 1.165) is 26.1 Å². The second-order valence-electron chi connectivity index (χ2n) is 6.37. The molecule has 0 saturated carbocycles. The normalized spacial score (nSPS) is 18.1. The Bertz CT molecular complexity index is 644. The topological polar surface area (TPSA) is 46.2 Å². The molecule has 2 heterocycles. The maximum absolute atomic E-state index is 13.3. The third kappa shape index (κ3) is 4.30. The van der Waals surface area contributed by atoms with Crippen molar-refractivity contribution in [2.45, 2.75) is 31.3 Å². The first-order valence-electron chi connectivity index (χ1n) is 8.44. The van der Waals surface area contributed by atoms with Crippen LogP contribution >= 0.6 is 0 Å². The van der Waals surface area contributed by atoms with Crippen molar-refractivity contribution in [1.82, 2.24) is 10.3 Å². The Morgan fingerprint density at radius 3 is 2.58 bits per heavy atom. The van der Waals surface area contributed by atoms with Gasteiger partial charge in [0, 0.05) is 31.3 Å². The average Bonchev–Trinajstić information content (AvgIpc) is 2.62. The number of hydrogen-bond donors (Lipinski definition) is 2. The number of pyridine rings is 1. The molecular formula is C19H24FN3O. The van der Waals surface area contributed by atoms with Crippen molar-refractivity contribution in [2.24, 2.45) is 0 Å². The van der Waals surface area contributed by atoms with E-state index in [1.54, 1.807) is 12.1 Å². The van der Waals surface area contributed by atoms with Gasteiger partial charge < -0.3 is 15.4 Å². The predicted molar refractivity (Wildman–Crippen MR) is 93.5 cm³/mol. The number of halogens is 1. The fraction of sp³-hybridized carbons (Fsp3) is 0.421. The number of hydrogen-bond acceptors (Lipinski definition) is 4. The van der Waals surface area contributed by atoms with Crippen molar-refractivity contribution >= 4 is 5.82 Å². The summed E-state index contributed by atoms with van der Waals surface area (Å²) >= 11 is 0. The van der Waals surface area contributed by atoms with Gasteiger partial charge in [-0.05, 0) is 37.5 Å². The number of rotatable bonds is 6. The molecule has 0 spiro atoms. The fourth-order valence-corrected chi connectivity index (χ4v) is 3.19. The summed E-state index contributed by atoms with van der Waals surface area (Å²) in [4.78, 5) is 3.89. The molecule has 0 aliphatic carbocycles. The van der Waals surface area contributed by atoms with E-state index in [1.807, 2.05) is 6.07 Å². The molecular weight excluding hydrogens is 305 g/mol. The summed E-state index contributed by atoms with van der Waals surface area (Å²) in [6.45, 7) is 4.32.